The van der Waals surface area contributed by atoms with Gasteiger partial charge in [-0.05, 0) is 18.9 Å². The minimum absolute atomic E-state index is 0.139. The van der Waals surface area contributed by atoms with Crippen molar-refractivity contribution in [3.8, 4) is 6.07 Å². The number of benzene rings is 1. The van der Waals surface area contributed by atoms with E-state index in [0.717, 1.165) is 15.9 Å². The first kappa shape index (κ1) is 13.8. The van der Waals surface area contributed by atoms with E-state index in [1.807, 2.05) is 7.05 Å². The Labute approximate surface area is 120 Å². The first-order valence-electron chi connectivity index (χ1n) is 5.84. The molecule has 0 fully saturated rings. The summed E-state index contributed by atoms with van der Waals surface area (Å²) in [5, 5.41) is 20.8. The third kappa shape index (κ3) is 3.94. The first-order chi connectivity index (χ1) is 9.21. The lowest BCUT2D eigenvalue weighted by Gasteiger charge is -2.06. The molecule has 1 unspecified atom stereocenters. The molecule has 1 heterocycles. The molecule has 2 aromatic rings. The van der Waals surface area contributed by atoms with Gasteiger partial charge >= 0.3 is 0 Å². The van der Waals surface area contributed by atoms with Gasteiger partial charge in [0.25, 0.3) is 0 Å². The Morgan fingerprint density at radius 2 is 2.11 bits per heavy atom. The molecule has 2 rings (SSSR count). The van der Waals surface area contributed by atoms with Gasteiger partial charge in [0.05, 0.1) is 6.07 Å². The van der Waals surface area contributed by atoms with Crippen LogP contribution in [0.15, 0.2) is 28.6 Å². The van der Waals surface area contributed by atoms with Crippen LogP contribution in [-0.2, 0) is 6.42 Å². The van der Waals surface area contributed by atoms with E-state index in [9.17, 15) is 5.26 Å². The Balaban J connectivity index is 2.00. The highest BCUT2D eigenvalue weighted by Gasteiger charge is 2.14. The van der Waals surface area contributed by atoms with Gasteiger partial charge in [0.1, 0.15) is 5.25 Å². The molecule has 0 spiro atoms. The van der Waals surface area contributed by atoms with E-state index in [-0.39, 0.29) is 5.25 Å². The second-order valence-electron chi connectivity index (χ2n) is 4.05. The third-order valence-corrected chi connectivity index (χ3v) is 4.66. The molecule has 0 saturated carbocycles. The number of aryl methyl sites for hydroxylation is 1. The summed E-state index contributed by atoms with van der Waals surface area (Å²) in [7, 11) is 1.81. The lowest BCUT2D eigenvalue weighted by molar-refractivity contribution is 0.989. The summed E-state index contributed by atoms with van der Waals surface area (Å²) in [4.78, 5) is 0. The van der Waals surface area contributed by atoms with Crippen LogP contribution in [0.5, 0.6) is 0 Å². The minimum Gasteiger partial charge on any atom is -0.363 e. The summed E-state index contributed by atoms with van der Waals surface area (Å²) in [6.45, 7) is 2.06. The van der Waals surface area contributed by atoms with Crippen LogP contribution in [0.2, 0.25) is 0 Å². The highest BCUT2D eigenvalue weighted by atomic mass is 32.2. The number of hydrogen-bond donors (Lipinski definition) is 1. The molecule has 0 amide bonds. The summed E-state index contributed by atoms with van der Waals surface area (Å²) in [6, 6.07) is 10.6. The molecular weight excluding hydrogens is 276 g/mol. The molecule has 0 saturated heterocycles. The monoisotopic (exact) mass is 290 g/mol. The average molecular weight is 290 g/mol. The molecular formula is C13H14N4S2. The van der Waals surface area contributed by atoms with Gasteiger partial charge in [-0.3, -0.25) is 0 Å². The molecule has 1 aromatic heterocycles. The van der Waals surface area contributed by atoms with Crippen LogP contribution in [0, 0.1) is 18.3 Å². The van der Waals surface area contributed by atoms with Crippen molar-refractivity contribution >= 4 is 28.2 Å². The van der Waals surface area contributed by atoms with Crippen molar-refractivity contribution in [2.24, 2.45) is 0 Å². The molecule has 98 valence electrons. The van der Waals surface area contributed by atoms with E-state index in [0.29, 0.717) is 0 Å². The average Bonchev–Trinajstić information content (AvgIpc) is 2.88. The van der Waals surface area contributed by atoms with Crippen LogP contribution >= 0.6 is 23.1 Å². The van der Waals surface area contributed by atoms with Gasteiger partial charge < -0.3 is 5.32 Å². The fraction of sp³-hybridized carbons (Fsp3) is 0.308. The Kier molecular flexibility index (Phi) is 4.77. The third-order valence-electron chi connectivity index (χ3n) is 2.55. The summed E-state index contributed by atoms with van der Waals surface area (Å²) in [5.74, 6) is 0. The number of rotatable bonds is 5. The molecule has 0 radical (unpaired) electrons. The molecule has 0 aliphatic carbocycles. The van der Waals surface area contributed by atoms with Crippen molar-refractivity contribution in [3.63, 3.8) is 0 Å². The molecule has 1 aromatic carbocycles. The maximum Gasteiger partial charge on any atom is 0.206 e. The molecule has 19 heavy (non-hydrogen) atoms. The van der Waals surface area contributed by atoms with Crippen molar-refractivity contribution in [2.45, 2.75) is 22.9 Å². The van der Waals surface area contributed by atoms with E-state index < -0.39 is 0 Å². The topological polar surface area (TPSA) is 61.6 Å². The number of anilines is 1. The predicted octanol–water partition coefficient (Wildman–Crippen LogP) is 3.12. The number of nitrogens with zero attached hydrogens (tertiary/aromatic N) is 3. The van der Waals surface area contributed by atoms with Crippen molar-refractivity contribution < 1.29 is 0 Å². The Morgan fingerprint density at radius 1 is 1.37 bits per heavy atom. The summed E-state index contributed by atoms with van der Waals surface area (Å²) in [5.41, 5.74) is 2.40. The van der Waals surface area contributed by atoms with Gasteiger partial charge in [-0.15, -0.1) is 10.2 Å². The van der Waals surface area contributed by atoms with Crippen LogP contribution in [0.4, 0.5) is 5.13 Å². The van der Waals surface area contributed by atoms with E-state index in [1.165, 1.54) is 34.2 Å². The van der Waals surface area contributed by atoms with Crippen LogP contribution in [-0.4, -0.2) is 22.5 Å². The van der Waals surface area contributed by atoms with Gasteiger partial charge in [-0.1, -0.05) is 52.9 Å². The number of thioether (sulfide) groups is 1. The summed E-state index contributed by atoms with van der Waals surface area (Å²) in [6.07, 6.45) is 0.718. The fourth-order valence-corrected chi connectivity index (χ4v) is 3.40. The molecule has 6 heteroatoms. The zero-order valence-electron chi connectivity index (χ0n) is 10.8. The van der Waals surface area contributed by atoms with E-state index in [2.05, 4.69) is 52.8 Å². The number of hydrogen-bond acceptors (Lipinski definition) is 6. The van der Waals surface area contributed by atoms with Gasteiger partial charge in [0, 0.05) is 7.05 Å². The van der Waals surface area contributed by atoms with Crippen LogP contribution in [0.1, 0.15) is 11.1 Å². The minimum atomic E-state index is -0.139. The SMILES string of the molecule is CNc1nnc(SC(C#N)Cc2ccc(C)cc2)s1. The Morgan fingerprint density at radius 3 is 2.68 bits per heavy atom. The fourth-order valence-electron chi connectivity index (χ4n) is 1.53. The van der Waals surface area contributed by atoms with Crippen molar-refractivity contribution in [3.05, 3.63) is 35.4 Å². The van der Waals surface area contributed by atoms with E-state index in [1.54, 1.807) is 0 Å². The van der Waals surface area contributed by atoms with Crippen LogP contribution in [0.25, 0.3) is 0 Å². The molecule has 1 atom stereocenters. The summed E-state index contributed by atoms with van der Waals surface area (Å²) >= 11 is 2.94. The Bertz CT molecular complexity index is 571. The largest absolute Gasteiger partial charge is 0.363 e. The zero-order chi connectivity index (χ0) is 13.7. The smallest absolute Gasteiger partial charge is 0.206 e. The Hall–Kier alpha value is -1.58. The number of nitrogens with one attached hydrogen (secondary N) is 1. The first-order valence-corrected chi connectivity index (χ1v) is 7.54. The maximum atomic E-state index is 9.24. The van der Waals surface area contributed by atoms with Gasteiger partial charge in [-0.2, -0.15) is 5.26 Å². The van der Waals surface area contributed by atoms with Crippen molar-refractivity contribution in [1.29, 1.82) is 5.26 Å². The van der Waals surface area contributed by atoms with Crippen molar-refractivity contribution in [1.82, 2.24) is 10.2 Å². The van der Waals surface area contributed by atoms with E-state index >= 15 is 0 Å². The van der Waals surface area contributed by atoms with Crippen molar-refractivity contribution in [2.75, 3.05) is 12.4 Å². The molecule has 0 aliphatic rings. The standard InChI is InChI=1S/C13H14N4S2/c1-9-3-5-10(6-4-9)7-11(8-14)18-13-17-16-12(15-2)19-13/h3-6,11H,7H2,1-2H3,(H,15,16). The van der Waals surface area contributed by atoms with Crippen LogP contribution < -0.4 is 5.32 Å². The van der Waals surface area contributed by atoms with Crippen LogP contribution in [0.3, 0.4) is 0 Å². The zero-order valence-corrected chi connectivity index (χ0v) is 12.4. The van der Waals surface area contributed by atoms with Gasteiger partial charge in [0.15, 0.2) is 4.34 Å². The lowest BCUT2D eigenvalue weighted by atomic mass is 10.1. The maximum absolute atomic E-state index is 9.24. The second-order valence-corrected chi connectivity index (χ2v) is 6.48. The summed E-state index contributed by atoms with van der Waals surface area (Å²) < 4.78 is 0.822. The molecule has 0 bridgehead atoms. The van der Waals surface area contributed by atoms with Gasteiger partial charge in [-0.25, -0.2) is 0 Å². The quantitative estimate of drug-likeness (QED) is 0.857. The predicted molar refractivity (Wildman–Crippen MR) is 79.6 cm³/mol. The normalized spacial score (nSPS) is 11.8. The highest BCUT2D eigenvalue weighted by Crippen LogP contribution is 2.30. The van der Waals surface area contributed by atoms with E-state index in [4.69, 9.17) is 0 Å². The second kappa shape index (κ2) is 6.55. The van der Waals surface area contributed by atoms with Gasteiger partial charge in [0.2, 0.25) is 5.13 Å². The molecule has 4 nitrogen and oxygen atoms in total. The lowest BCUT2D eigenvalue weighted by Crippen LogP contribution is -2.03. The molecule has 1 N–H and O–H groups in total. The number of aromatic nitrogens is 2. The molecule has 0 aliphatic heterocycles. The number of nitriles is 1. The highest BCUT2D eigenvalue weighted by molar-refractivity contribution is 8.01.